The summed E-state index contributed by atoms with van der Waals surface area (Å²) < 4.78 is 5.40. The van der Waals surface area contributed by atoms with Gasteiger partial charge in [0.25, 0.3) is 0 Å². The summed E-state index contributed by atoms with van der Waals surface area (Å²) in [5.41, 5.74) is 3.85. The van der Waals surface area contributed by atoms with Crippen molar-refractivity contribution in [3.05, 3.63) is 54.1 Å². The van der Waals surface area contributed by atoms with Crippen molar-refractivity contribution in [1.82, 2.24) is 25.5 Å². The lowest BCUT2D eigenvalue weighted by Crippen LogP contribution is -2.48. The van der Waals surface area contributed by atoms with Crippen molar-refractivity contribution in [2.75, 3.05) is 6.61 Å². The number of tetrazole rings is 1. The maximum atomic E-state index is 13.5. The molecule has 4 rings (SSSR count). The molecule has 0 spiro atoms. The topological polar surface area (TPSA) is 101 Å². The molecule has 0 radical (unpaired) electrons. The lowest BCUT2D eigenvalue weighted by Gasteiger charge is -2.39. The third kappa shape index (κ3) is 5.98. The molecule has 2 aromatic carbocycles. The van der Waals surface area contributed by atoms with Gasteiger partial charge in [0.05, 0.1) is 12.5 Å². The van der Waals surface area contributed by atoms with Crippen LogP contribution in [0.15, 0.2) is 48.5 Å². The molecule has 0 bridgehead atoms. The van der Waals surface area contributed by atoms with E-state index < -0.39 is 0 Å². The van der Waals surface area contributed by atoms with E-state index in [1.807, 2.05) is 54.3 Å². The highest BCUT2D eigenvalue weighted by Gasteiger charge is 2.37. The van der Waals surface area contributed by atoms with Crippen LogP contribution in [0.2, 0.25) is 0 Å². The van der Waals surface area contributed by atoms with Crippen molar-refractivity contribution < 1.29 is 14.3 Å². The normalized spacial score (nSPS) is 17.5. The third-order valence-corrected chi connectivity index (χ3v) is 6.89. The molecule has 0 aliphatic heterocycles. The molecule has 0 saturated heterocycles. The number of hydrogen-bond acceptors (Lipinski definition) is 6. The lowest BCUT2D eigenvalue weighted by atomic mass is 9.83. The van der Waals surface area contributed by atoms with Crippen molar-refractivity contribution in [3.8, 4) is 22.5 Å². The van der Waals surface area contributed by atoms with E-state index in [2.05, 4.69) is 33.6 Å². The van der Waals surface area contributed by atoms with E-state index in [4.69, 9.17) is 4.74 Å². The Balaban J connectivity index is 1.69. The molecule has 36 heavy (non-hydrogen) atoms. The first-order valence-corrected chi connectivity index (χ1v) is 13.0. The van der Waals surface area contributed by atoms with Crippen molar-refractivity contribution >= 4 is 11.9 Å². The Morgan fingerprint density at radius 2 is 1.86 bits per heavy atom. The smallest absolute Gasteiger partial charge is 0.311 e. The van der Waals surface area contributed by atoms with Crippen LogP contribution in [0.25, 0.3) is 22.5 Å². The highest BCUT2D eigenvalue weighted by atomic mass is 16.5. The quantitative estimate of drug-likeness (QED) is 0.394. The van der Waals surface area contributed by atoms with Gasteiger partial charge in [-0.3, -0.25) is 9.59 Å². The minimum absolute atomic E-state index is 0.0892. The number of nitrogens with one attached hydrogen (secondary N) is 1. The van der Waals surface area contributed by atoms with Gasteiger partial charge >= 0.3 is 5.97 Å². The largest absolute Gasteiger partial charge is 0.466 e. The highest BCUT2D eigenvalue weighted by molar-refractivity contribution is 5.82. The number of hydrogen-bond donors (Lipinski definition) is 1. The maximum absolute atomic E-state index is 13.5. The van der Waals surface area contributed by atoms with Crippen LogP contribution in [-0.2, 0) is 20.9 Å². The first-order valence-electron chi connectivity index (χ1n) is 13.0. The van der Waals surface area contributed by atoms with Gasteiger partial charge < -0.3 is 9.64 Å². The lowest BCUT2D eigenvalue weighted by molar-refractivity contribution is -0.154. The van der Waals surface area contributed by atoms with E-state index >= 15 is 0 Å². The number of aromatic nitrogens is 4. The van der Waals surface area contributed by atoms with E-state index in [1.165, 1.54) is 0 Å². The number of esters is 1. The van der Waals surface area contributed by atoms with Gasteiger partial charge in [-0.05, 0) is 54.2 Å². The summed E-state index contributed by atoms with van der Waals surface area (Å²) in [6.07, 6.45) is 5.78. The summed E-state index contributed by atoms with van der Waals surface area (Å²) in [6.45, 7) is 4.68. The Morgan fingerprint density at radius 3 is 2.58 bits per heavy atom. The van der Waals surface area contributed by atoms with E-state index in [-0.39, 0.29) is 23.8 Å². The fraction of sp³-hybridized carbons (Fsp3) is 0.464. The Hall–Kier alpha value is -3.55. The Labute approximate surface area is 212 Å². The zero-order valence-electron chi connectivity index (χ0n) is 21.2. The second kappa shape index (κ2) is 12.4. The number of amides is 1. The molecular formula is C28H35N5O3. The van der Waals surface area contributed by atoms with Gasteiger partial charge in [-0.15, -0.1) is 10.2 Å². The van der Waals surface area contributed by atoms with Crippen LogP contribution in [0, 0.1) is 5.92 Å². The first kappa shape index (κ1) is 25.5. The number of carbonyl (C=O) groups is 2. The summed E-state index contributed by atoms with van der Waals surface area (Å²) >= 11 is 0. The molecule has 1 aromatic heterocycles. The SMILES string of the molecule is CCCCC(=O)N(Cc1ccc(-c2ccccc2)c(-c2nn[nH]n2)c1)C1CCCCC1C(=O)OCC. The summed E-state index contributed by atoms with van der Waals surface area (Å²) in [6, 6.07) is 16.0. The first-order chi connectivity index (χ1) is 17.6. The molecule has 1 amide bonds. The van der Waals surface area contributed by atoms with Crippen molar-refractivity contribution in [1.29, 1.82) is 0 Å². The summed E-state index contributed by atoms with van der Waals surface area (Å²) in [5.74, 6) is 0.111. The van der Waals surface area contributed by atoms with E-state index in [0.717, 1.165) is 60.8 Å². The molecule has 3 aromatic rings. The summed E-state index contributed by atoms with van der Waals surface area (Å²) in [7, 11) is 0. The van der Waals surface area contributed by atoms with Crippen LogP contribution < -0.4 is 0 Å². The van der Waals surface area contributed by atoms with Crippen molar-refractivity contribution in [3.63, 3.8) is 0 Å². The van der Waals surface area contributed by atoms with E-state index in [0.29, 0.717) is 25.4 Å². The number of carbonyl (C=O) groups excluding carboxylic acids is 2. The summed E-state index contributed by atoms with van der Waals surface area (Å²) in [5, 5.41) is 14.7. The molecule has 8 nitrogen and oxygen atoms in total. The highest BCUT2D eigenvalue weighted by Crippen LogP contribution is 2.34. The molecular weight excluding hydrogens is 454 g/mol. The van der Waals surface area contributed by atoms with Crippen LogP contribution in [0.5, 0.6) is 0 Å². The van der Waals surface area contributed by atoms with Gasteiger partial charge in [-0.1, -0.05) is 68.7 Å². The number of unbranched alkanes of at least 4 members (excludes halogenated alkanes) is 1. The molecule has 2 atom stereocenters. The fourth-order valence-electron chi connectivity index (χ4n) is 5.09. The number of benzene rings is 2. The molecule has 2 unspecified atom stereocenters. The van der Waals surface area contributed by atoms with Crippen LogP contribution in [0.4, 0.5) is 0 Å². The second-order valence-corrected chi connectivity index (χ2v) is 9.32. The molecule has 1 fully saturated rings. The number of nitrogens with zero attached hydrogens (tertiary/aromatic N) is 4. The molecule has 1 saturated carbocycles. The van der Waals surface area contributed by atoms with E-state index in [9.17, 15) is 9.59 Å². The van der Waals surface area contributed by atoms with E-state index in [1.54, 1.807) is 0 Å². The van der Waals surface area contributed by atoms with Crippen LogP contribution in [0.3, 0.4) is 0 Å². The van der Waals surface area contributed by atoms with Gasteiger partial charge in [-0.25, -0.2) is 0 Å². The molecule has 190 valence electrons. The zero-order valence-corrected chi connectivity index (χ0v) is 21.2. The second-order valence-electron chi connectivity index (χ2n) is 9.32. The third-order valence-electron chi connectivity index (χ3n) is 6.89. The fourth-order valence-corrected chi connectivity index (χ4v) is 5.09. The number of H-pyrrole nitrogens is 1. The molecule has 1 N–H and O–H groups in total. The number of ether oxygens (including phenoxy) is 1. The Bertz CT molecular complexity index is 1130. The van der Waals surface area contributed by atoms with Crippen molar-refractivity contribution in [2.24, 2.45) is 5.92 Å². The average molecular weight is 490 g/mol. The van der Waals surface area contributed by atoms with Crippen LogP contribution >= 0.6 is 0 Å². The number of aromatic amines is 1. The van der Waals surface area contributed by atoms with Crippen LogP contribution in [-0.4, -0.2) is 50.0 Å². The predicted molar refractivity (Wildman–Crippen MR) is 138 cm³/mol. The van der Waals surface area contributed by atoms with Gasteiger partial charge in [0, 0.05) is 24.6 Å². The number of rotatable bonds is 10. The minimum Gasteiger partial charge on any atom is -0.466 e. The van der Waals surface area contributed by atoms with Gasteiger partial charge in [0.15, 0.2) is 0 Å². The summed E-state index contributed by atoms with van der Waals surface area (Å²) in [4.78, 5) is 28.2. The average Bonchev–Trinajstić information content (AvgIpc) is 3.46. The Kier molecular flexibility index (Phi) is 8.81. The predicted octanol–water partition coefficient (Wildman–Crippen LogP) is 5.17. The van der Waals surface area contributed by atoms with Crippen LogP contribution in [0.1, 0.15) is 64.4 Å². The molecule has 1 heterocycles. The standard InChI is InChI=1S/C28H35N5O3/c1-3-5-15-26(34)33(25-14-10-9-13-23(25)28(35)36-4-2)19-20-16-17-22(21-11-7-6-8-12-21)24(18-20)27-29-31-32-30-27/h6-8,11-12,16-18,23,25H,3-5,9-10,13-15,19H2,1-2H3,(H,29,30,31,32). The van der Waals surface area contributed by atoms with Gasteiger partial charge in [0.2, 0.25) is 11.7 Å². The Morgan fingerprint density at radius 1 is 1.06 bits per heavy atom. The molecule has 1 aliphatic carbocycles. The monoisotopic (exact) mass is 489 g/mol. The van der Waals surface area contributed by atoms with Crippen molar-refractivity contribution in [2.45, 2.75) is 71.4 Å². The minimum atomic E-state index is -0.287. The zero-order chi connectivity index (χ0) is 25.3. The maximum Gasteiger partial charge on any atom is 0.311 e. The van der Waals surface area contributed by atoms with Gasteiger partial charge in [0.1, 0.15) is 0 Å². The van der Waals surface area contributed by atoms with Gasteiger partial charge in [-0.2, -0.15) is 5.21 Å². The molecule has 8 heteroatoms. The molecule has 1 aliphatic rings.